The molecule has 1 saturated heterocycles. The molecular weight excluding hydrogens is 232 g/mol. The van der Waals surface area contributed by atoms with Gasteiger partial charge in [-0.25, -0.2) is 0 Å². The van der Waals surface area contributed by atoms with Gasteiger partial charge in [0.25, 0.3) is 0 Å². The van der Waals surface area contributed by atoms with Crippen LogP contribution in [-0.4, -0.2) is 36.1 Å². The van der Waals surface area contributed by atoms with Crippen LogP contribution in [0, 0.1) is 5.41 Å². The standard InChI is InChI=1S/C17H32N2/c1-16(2)10-6-15(7-11-16)19-13-5-12-18-17(14-19)8-3-4-9-17/h15,18H,3-14H2,1-2H3. The number of rotatable bonds is 1. The van der Waals surface area contributed by atoms with Crippen LogP contribution in [0.2, 0.25) is 0 Å². The Balaban J connectivity index is 1.63. The molecule has 0 aromatic carbocycles. The Morgan fingerprint density at radius 1 is 0.947 bits per heavy atom. The highest BCUT2D eigenvalue weighted by Gasteiger charge is 2.39. The van der Waals surface area contributed by atoms with Crippen LogP contribution in [0.3, 0.4) is 0 Å². The fourth-order valence-electron chi connectivity index (χ4n) is 4.61. The van der Waals surface area contributed by atoms with Gasteiger partial charge in [0.2, 0.25) is 0 Å². The van der Waals surface area contributed by atoms with Gasteiger partial charge in [-0.05, 0) is 63.5 Å². The van der Waals surface area contributed by atoms with Gasteiger partial charge in [-0.3, -0.25) is 4.90 Å². The molecule has 2 aliphatic carbocycles. The minimum Gasteiger partial charge on any atom is -0.310 e. The number of nitrogens with one attached hydrogen (secondary N) is 1. The average Bonchev–Trinajstić information content (AvgIpc) is 2.71. The highest BCUT2D eigenvalue weighted by Crippen LogP contribution is 2.39. The smallest absolute Gasteiger partial charge is 0.0308 e. The van der Waals surface area contributed by atoms with Gasteiger partial charge in [0.15, 0.2) is 0 Å². The Morgan fingerprint density at radius 2 is 1.63 bits per heavy atom. The zero-order valence-corrected chi connectivity index (χ0v) is 13.0. The molecule has 2 saturated carbocycles. The van der Waals surface area contributed by atoms with Crippen LogP contribution < -0.4 is 5.32 Å². The largest absolute Gasteiger partial charge is 0.310 e. The van der Waals surface area contributed by atoms with Crippen molar-refractivity contribution in [1.82, 2.24) is 10.2 Å². The molecule has 1 N–H and O–H groups in total. The maximum Gasteiger partial charge on any atom is 0.0308 e. The van der Waals surface area contributed by atoms with E-state index in [9.17, 15) is 0 Å². The summed E-state index contributed by atoms with van der Waals surface area (Å²) in [6.45, 7) is 8.81. The molecule has 0 aromatic rings. The van der Waals surface area contributed by atoms with Crippen molar-refractivity contribution in [1.29, 1.82) is 0 Å². The van der Waals surface area contributed by atoms with E-state index >= 15 is 0 Å². The zero-order chi connectivity index (χ0) is 13.3. The van der Waals surface area contributed by atoms with Gasteiger partial charge >= 0.3 is 0 Å². The van der Waals surface area contributed by atoms with Gasteiger partial charge in [0.1, 0.15) is 0 Å². The third-order valence-electron chi connectivity index (χ3n) is 6.01. The van der Waals surface area contributed by atoms with Crippen molar-refractivity contribution < 1.29 is 0 Å². The lowest BCUT2D eigenvalue weighted by Gasteiger charge is -2.42. The summed E-state index contributed by atoms with van der Waals surface area (Å²) in [5.41, 5.74) is 1.09. The first-order valence-corrected chi connectivity index (χ1v) is 8.58. The topological polar surface area (TPSA) is 15.3 Å². The zero-order valence-electron chi connectivity index (χ0n) is 13.0. The Hall–Kier alpha value is -0.0800. The molecule has 0 aromatic heterocycles. The van der Waals surface area contributed by atoms with Gasteiger partial charge < -0.3 is 5.32 Å². The van der Waals surface area contributed by atoms with Crippen LogP contribution in [0.5, 0.6) is 0 Å². The molecule has 2 nitrogen and oxygen atoms in total. The van der Waals surface area contributed by atoms with Crippen molar-refractivity contribution >= 4 is 0 Å². The number of hydrogen-bond donors (Lipinski definition) is 1. The molecule has 3 rings (SSSR count). The van der Waals surface area contributed by atoms with E-state index < -0.39 is 0 Å². The van der Waals surface area contributed by atoms with Crippen LogP contribution in [0.1, 0.15) is 71.6 Å². The first kappa shape index (κ1) is 13.9. The molecule has 110 valence electrons. The van der Waals surface area contributed by atoms with Gasteiger partial charge in [0.05, 0.1) is 0 Å². The Bertz CT molecular complexity index is 294. The van der Waals surface area contributed by atoms with Gasteiger partial charge in [-0.1, -0.05) is 26.7 Å². The molecule has 2 heteroatoms. The normalized spacial score (nSPS) is 32.5. The van der Waals surface area contributed by atoms with E-state index in [2.05, 4.69) is 24.1 Å². The summed E-state index contributed by atoms with van der Waals surface area (Å²) in [7, 11) is 0. The summed E-state index contributed by atoms with van der Waals surface area (Å²) in [6, 6.07) is 0.880. The van der Waals surface area contributed by atoms with E-state index in [-0.39, 0.29) is 0 Å². The molecule has 0 bridgehead atoms. The summed E-state index contributed by atoms with van der Waals surface area (Å²) in [6.07, 6.45) is 12.8. The Morgan fingerprint density at radius 3 is 2.32 bits per heavy atom. The van der Waals surface area contributed by atoms with Crippen LogP contribution in [0.25, 0.3) is 0 Å². The van der Waals surface area contributed by atoms with Gasteiger partial charge in [0, 0.05) is 18.1 Å². The average molecular weight is 264 g/mol. The van der Waals surface area contributed by atoms with Crippen molar-refractivity contribution in [2.75, 3.05) is 19.6 Å². The predicted molar refractivity (Wildman–Crippen MR) is 81.4 cm³/mol. The van der Waals surface area contributed by atoms with Crippen LogP contribution in [0.4, 0.5) is 0 Å². The van der Waals surface area contributed by atoms with Gasteiger partial charge in [-0.2, -0.15) is 0 Å². The van der Waals surface area contributed by atoms with E-state index in [1.54, 1.807) is 0 Å². The lowest BCUT2D eigenvalue weighted by Crippen LogP contribution is -2.52. The molecule has 3 fully saturated rings. The highest BCUT2D eigenvalue weighted by atomic mass is 15.2. The van der Waals surface area contributed by atoms with Crippen LogP contribution in [-0.2, 0) is 0 Å². The van der Waals surface area contributed by atoms with E-state index in [4.69, 9.17) is 0 Å². The lowest BCUT2D eigenvalue weighted by atomic mass is 9.75. The van der Waals surface area contributed by atoms with Crippen LogP contribution in [0.15, 0.2) is 0 Å². The quantitative estimate of drug-likeness (QED) is 0.779. The SMILES string of the molecule is CC1(C)CCC(N2CCCNC3(CCCC3)C2)CC1. The first-order chi connectivity index (χ1) is 9.09. The number of hydrogen-bond acceptors (Lipinski definition) is 2. The van der Waals surface area contributed by atoms with Crippen molar-refractivity contribution in [3.8, 4) is 0 Å². The molecule has 0 amide bonds. The third kappa shape index (κ3) is 3.16. The molecule has 0 unspecified atom stereocenters. The van der Waals surface area contributed by atoms with Crippen molar-refractivity contribution in [2.45, 2.75) is 83.2 Å². The number of nitrogens with zero attached hydrogens (tertiary/aromatic N) is 1. The fourth-order valence-corrected chi connectivity index (χ4v) is 4.61. The monoisotopic (exact) mass is 264 g/mol. The summed E-state index contributed by atoms with van der Waals surface area (Å²) < 4.78 is 0. The van der Waals surface area contributed by atoms with Crippen molar-refractivity contribution in [2.24, 2.45) is 5.41 Å². The molecule has 0 radical (unpaired) electrons. The Kier molecular flexibility index (Phi) is 3.92. The van der Waals surface area contributed by atoms with Crippen molar-refractivity contribution in [3.05, 3.63) is 0 Å². The van der Waals surface area contributed by atoms with Gasteiger partial charge in [-0.15, -0.1) is 0 Å². The summed E-state index contributed by atoms with van der Waals surface area (Å²) >= 11 is 0. The lowest BCUT2D eigenvalue weighted by molar-refractivity contribution is 0.0900. The molecule has 3 aliphatic rings. The molecule has 1 aliphatic heterocycles. The minimum atomic E-state index is 0.490. The molecular formula is C17H32N2. The van der Waals surface area contributed by atoms with E-state index in [1.807, 2.05) is 0 Å². The maximum absolute atomic E-state index is 3.90. The highest BCUT2D eigenvalue weighted by molar-refractivity contribution is 4.98. The van der Waals surface area contributed by atoms with Crippen LogP contribution >= 0.6 is 0 Å². The van der Waals surface area contributed by atoms with E-state index in [0.29, 0.717) is 11.0 Å². The Labute approximate surface area is 119 Å². The maximum atomic E-state index is 3.90. The first-order valence-electron chi connectivity index (χ1n) is 8.58. The fraction of sp³-hybridized carbons (Fsp3) is 1.00. The molecule has 1 heterocycles. The summed E-state index contributed by atoms with van der Waals surface area (Å²) in [4.78, 5) is 2.86. The third-order valence-corrected chi connectivity index (χ3v) is 6.01. The van der Waals surface area contributed by atoms with E-state index in [0.717, 1.165) is 6.04 Å². The second-order valence-corrected chi connectivity index (χ2v) is 8.13. The molecule has 19 heavy (non-hydrogen) atoms. The molecule has 1 spiro atoms. The predicted octanol–water partition coefficient (Wildman–Crippen LogP) is 3.56. The second kappa shape index (κ2) is 5.37. The van der Waals surface area contributed by atoms with E-state index in [1.165, 1.54) is 77.4 Å². The van der Waals surface area contributed by atoms with Crippen molar-refractivity contribution in [3.63, 3.8) is 0 Å². The summed E-state index contributed by atoms with van der Waals surface area (Å²) in [5.74, 6) is 0. The minimum absolute atomic E-state index is 0.490. The summed E-state index contributed by atoms with van der Waals surface area (Å²) in [5, 5.41) is 3.90. The second-order valence-electron chi connectivity index (χ2n) is 8.13. The molecule has 0 atom stereocenters.